The molecule has 4 aliphatic rings. The smallest absolute Gasteiger partial charge is 0.253 e. The van der Waals surface area contributed by atoms with Crippen LogP contribution in [-0.4, -0.2) is 21.9 Å². The van der Waals surface area contributed by atoms with E-state index in [4.69, 9.17) is 0 Å². The predicted molar refractivity (Wildman–Crippen MR) is 116 cm³/mol. The van der Waals surface area contributed by atoms with E-state index in [1.165, 1.54) is 5.01 Å². The fraction of sp³-hybridized carbons (Fsp3) is 0.154. The zero-order chi connectivity index (χ0) is 21.1. The highest BCUT2D eigenvalue weighted by atomic mass is 16.3. The van der Waals surface area contributed by atoms with Crippen LogP contribution < -0.4 is 5.43 Å². The van der Waals surface area contributed by atoms with E-state index in [1.54, 1.807) is 30.5 Å². The second-order valence-electron chi connectivity index (χ2n) is 8.33. The number of carbonyl (C=O) groups is 2. The molecule has 2 atom stereocenters. The number of imide groups is 1. The van der Waals surface area contributed by atoms with Crippen molar-refractivity contribution in [3.8, 4) is 5.75 Å². The summed E-state index contributed by atoms with van der Waals surface area (Å²) in [6, 6.07) is 23.2. The van der Waals surface area contributed by atoms with Crippen LogP contribution in [0, 0.1) is 11.8 Å². The van der Waals surface area contributed by atoms with Gasteiger partial charge in [-0.25, -0.2) is 0 Å². The first kappa shape index (κ1) is 18.0. The summed E-state index contributed by atoms with van der Waals surface area (Å²) in [6.07, 6.45) is 3.30. The molecule has 31 heavy (non-hydrogen) atoms. The Kier molecular flexibility index (Phi) is 3.81. The molecule has 1 aliphatic heterocycles. The van der Waals surface area contributed by atoms with Crippen molar-refractivity contribution in [2.24, 2.45) is 11.8 Å². The maximum Gasteiger partial charge on any atom is 0.253 e. The van der Waals surface area contributed by atoms with Crippen molar-refractivity contribution in [1.82, 2.24) is 10.4 Å². The fourth-order valence-corrected chi connectivity index (χ4v) is 5.64. The van der Waals surface area contributed by atoms with Gasteiger partial charge in [0.2, 0.25) is 0 Å². The van der Waals surface area contributed by atoms with Gasteiger partial charge >= 0.3 is 0 Å². The maximum atomic E-state index is 13.4. The number of phenolic OH excluding ortho intramolecular Hbond substituents is 1. The van der Waals surface area contributed by atoms with Gasteiger partial charge in [0.25, 0.3) is 11.8 Å². The third-order valence-corrected chi connectivity index (χ3v) is 6.80. The quantitative estimate of drug-likeness (QED) is 0.648. The number of hydrazine groups is 1. The van der Waals surface area contributed by atoms with E-state index in [9.17, 15) is 14.7 Å². The van der Waals surface area contributed by atoms with Gasteiger partial charge in [-0.15, -0.1) is 0 Å². The number of benzene rings is 3. The SMILES string of the molecule is O=C1[C@H]2C3c4ccccc4C(c4ccccc43)[C@@H]2C(=O)N1N/C=C/c1cccc(O)c1. The predicted octanol–water partition coefficient (Wildman–Crippen LogP) is 3.76. The molecule has 1 heterocycles. The molecular formula is C26H20N2O3. The van der Waals surface area contributed by atoms with Crippen LogP contribution in [0.2, 0.25) is 0 Å². The Labute approximate surface area is 179 Å². The van der Waals surface area contributed by atoms with Gasteiger partial charge in [0, 0.05) is 18.0 Å². The van der Waals surface area contributed by atoms with Crippen LogP contribution in [0.15, 0.2) is 79.0 Å². The van der Waals surface area contributed by atoms with Crippen LogP contribution in [0.25, 0.3) is 6.08 Å². The van der Waals surface area contributed by atoms with E-state index < -0.39 is 11.8 Å². The molecule has 0 unspecified atom stereocenters. The van der Waals surface area contributed by atoms with Crippen molar-refractivity contribution < 1.29 is 14.7 Å². The van der Waals surface area contributed by atoms with Gasteiger partial charge in [0.15, 0.2) is 0 Å². The summed E-state index contributed by atoms with van der Waals surface area (Å²) < 4.78 is 0. The van der Waals surface area contributed by atoms with E-state index in [0.717, 1.165) is 27.8 Å². The molecule has 1 saturated heterocycles. The summed E-state index contributed by atoms with van der Waals surface area (Å²) in [5, 5.41) is 10.8. The molecule has 5 nitrogen and oxygen atoms in total. The maximum absolute atomic E-state index is 13.4. The topological polar surface area (TPSA) is 69.6 Å². The Bertz CT molecular complexity index is 1150. The Morgan fingerprint density at radius 3 is 1.74 bits per heavy atom. The molecule has 152 valence electrons. The Morgan fingerprint density at radius 2 is 1.26 bits per heavy atom. The fourth-order valence-electron chi connectivity index (χ4n) is 5.64. The van der Waals surface area contributed by atoms with Crippen molar-refractivity contribution in [3.63, 3.8) is 0 Å². The van der Waals surface area contributed by atoms with Crippen molar-refractivity contribution in [3.05, 3.63) is 107 Å². The molecule has 3 aromatic carbocycles. The van der Waals surface area contributed by atoms with Crippen molar-refractivity contribution in [2.75, 3.05) is 0 Å². The summed E-state index contributed by atoms with van der Waals surface area (Å²) in [6.45, 7) is 0. The zero-order valence-electron chi connectivity index (χ0n) is 16.6. The minimum atomic E-state index is -0.399. The Hall–Kier alpha value is -3.86. The van der Waals surface area contributed by atoms with Gasteiger partial charge in [0.1, 0.15) is 5.75 Å². The number of nitrogens with one attached hydrogen (secondary N) is 1. The largest absolute Gasteiger partial charge is 0.508 e. The second-order valence-corrected chi connectivity index (χ2v) is 8.33. The molecule has 0 spiro atoms. The van der Waals surface area contributed by atoms with Gasteiger partial charge in [0.05, 0.1) is 11.8 Å². The molecule has 2 bridgehead atoms. The first-order chi connectivity index (χ1) is 15.1. The number of hydrogen-bond acceptors (Lipinski definition) is 4. The number of carbonyl (C=O) groups excluding carboxylic acids is 2. The lowest BCUT2D eigenvalue weighted by Gasteiger charge is -2.45. The Morgan fingerprint density at radius 1 is 0.742 bits per heavy atom. The molecule has 2 amide bonds. The summed E-state index contributed by atoms with van der Waals surface area (Å²) >= 11 is 0. The summed E-state index contributed by atoms with van der Waals surface area (Å²) in [4.78, 5) is 26.8. The number of phenols is 1. The van der Waals surface area contributed by atoms with Crippen LogP contribution in [0.3, 0.4) is 0 Å². The highest BCUT2D eigenvalue weighted by Crippen LogP contribution is 2.60. The third-order valence-electron chi connectivity index (χ3n) is 6.80. The van der Waals surface area contributed by atoms with Crippen LogP contribution in [-0.2, 0) is 9.59 Å². The van der Waals surface area contributed by atoms with E-state index in [1.807, 2.05) is 30.3 Å². The molecule has 7 rings (SSSR count). The molecule has 2 N–H and O–H groups in total. The van der Waals surface area contributed by atoms with Crippen molar-refractivity contribution in [1.29, 1.82) is 0 Å². The van der Waals surface area contributed by atoms with Gasteiger partial charge in [-0.1, -0.05) is 60.7 Å². The molecule has 1 fully saturated rings. The van der Waals surface area contributed by atoms with E-state index in [-0.39, 0.29) is 29.4 Å². The van der Waals surface area contributed by atoms with E-state index in [0.29, 0.717) is 0 Å². The highest BCUT2D eigenvalue weighted by Gasteiger charge is 2.61. The zero-order valence-corrected chi connectivity index (χ0v) is 16.6. The average Bonchev–Trinajstić information content (AvgIpc) is 3.05. The number of nitrogens with zero attached hydrogens (tertiary/aromatic N) is 1. The van der Waals surface area contributed by atoms with E-state index in [2.05, 4.69) is 29.7 Å². The summed E-state index contributed by atoms with van der Waals surface area (Å²) in [7, 11) is 0. The first-order valence-corrected chi connectivity index (χ1v) is 10.4. The molecule has 3 aromatic rings. The molecular weight excluding hydrogens is 388 g/mol. The lowest BCUT2D eigenvalue weighted by Crippen LogP contribution is -2.41. The molecule has 5 heteroatoms. The van der Waals surface area contributed by atoms with Gasteiger partial charge in [-0.2, -0.15) is 5.01 Å². The van der Waals surface area contributed by atoms with Crippen molar-refractivity contribution in [2.45, 2.75) is 11.8 Å². The summed E-state index contributed by atoms with van der Waals surface area (Å²) in [5.74, 6) is -1.23. The highest BCUT2D eigenvalue weighted by molar-refractivity contribution is 6.07. The third kappa shape index (κ3) is 2.49. The van der Waals surface area contributed by atoms with Gasteiger partial charge in [-0.3, -0.25) is 15.0 Å². The molecule has 0 aromatic heterocycles. The van der Waals surface area contributed by atoms with E-state index >= 15 is 0 Å². The average molecular weight is 408 g/mol. The van der Waals surface area contributed by atoms with Gasteiger partial charge in [-0.05, 0) is 46.0 Å². The van der Waals surface area contributed by atoms with Crippen LogP contribution in [0.5, 0.6) is 5.75 Å². The van der Waals surface area contributed by atoms with Crippen LogP contribution in [0.4, 0.5) is 0 Å². The molecule has 3 aliphatic carbocycles. The lowest BCUT2D eigenvalue weighted by atomic mass is 9.55. The molecule has 0 radical (unpaired) electrons. The first-order valence-electron chi connectivity index (χ1n) is 10.4. The van der Waals surface area contributed by atoms with Crippen LogP contribution in [0.1, 0.15) is 39.7 Å². The standard InChI is InChI=1S/C26H20N2O3/c29-16-7-5-6-15(14-16)12-13-27-28-25(30)23-21-17-8-1-2-9-18(17)22(24(23)26(28)31)20-11-4-3-10-19(20)21/h1-14,21-24,27,29H/b13-12+/t21?,22?,23-,24-/m0/s1. The number of aromatic hydroxyl groups is 1. The second kappa shape index (κ2) is 6.57. The molecule has 0 saturated carbocycles. The minimum Gasteiger partial charge on any atom is -0.508 e. The Balaban J connectivity index is 1.37. The number of rotatable bonds is 3. The van der Waals surface area contributed by atoms with Crippen LogP contribution >= 0.6 is 0 Å². The van der Waals surface area contributed by atoms with Gasteiger partial charge < -0.3 is 5.11 Å². The number of hydrogen-bond donors (Lipinski definition) is 2. The minimum absolute atomic E-state index is 0.110. The lowest BCUT2D eigenvalue weighted by molar-refractivity contribution is -0.142. The number of amides is 2. The normalized spacial score (nSPS) is 25.5. The monoisotopic (exact) mass is 408 g/mol. The van der Waals surface area contributed by atoms with Crippen molar-refractivity contribution >= 4 is 17.9 Å². The summed E-state index contributed by atoms with van der Waals surface area (Å²) in [5.41, 5.74) is 8.30.